The van der Waals surface area contributed by atoms with Gasteiger partial charge in [0.1, 0.15) is 5.82 Å². The van der Waals surface area contributed by atoms with E-state index in [1.807, 2.05) is 47.7 Å². The summed E-state index contributed by atoms with van der Waals surface area (Å²) in [5, 5.41) is 16.4. The first kappa shape index (κ1) is 22.7. The molecule has 1 unspecified atom stereocenters. The lowest BCUT2D eigenvalue weighted by atomic mass is 9.99. The van der Waals surface area contributed by atoms with Crippen molar-refractivity contribution in [3.63, 3.8) is 0 Å². The number of nitrogens with zero attached hydrogens (tertiary/aromatic N) is 3. The number of carboxylic acids is 1. The number of anilines is 2. The Kier molecular flexibility index (Phi) is 6.58. The molecule has 164 valence electrons. The second-order valence-corrected chi connectivity index (χ2v) is 9.31. The first-order chi connectivity index (χ1) is 14.6. The molecule has 1 aromatic heterocycles. The fourth-order valence-electron chi connectivity index (χ4n) is 3.18. The second-order valence-electron chi connectivity index (χ2n) is 7.09. The lowest BCUT2D eigenvalue weighted by molar-refractivity contribution is -0.138. The lowest BCUT2D eigenvalue weighted by Gasteiger charge is -2.21. The number of benzene rings is 2. The van der Waals surface area contributed by atoms with Gasteiger partial charge in [0, 0.05) is 25.0 Å². The summed E-state index contributed by atoms with van der Waals surface area (Å²) < 4.78 is 27.2. The van der Waals surface area contributed by atoms with Gasteiger partial charge in [0.2, 0.25) is 10.0 Å². The van der Waals surface area contributed by atoms with E-state index in [1.54, 1.807) is 24.3 Å². The van der Waals surface area contributed by atoms with Gasteiger partial charge in [-0.2, -0.15) is 5.10 Å². The van der Waals surface area contributed by atoms with Gasteiger partial charge in [-0.1, -0.05) is 18.2 Å². The van der Waals surface area contributed by atoms with Crippen LogP contribution in [0.4, 0.5) is 11.4 Å². The molecule has 0 aliphatic heterocycles. The standard InChI is InChI=1S/C20H23N5O4S2/c1-13-22-23-20(30)25(13)17-6-4-5-16(11-17)24(2)15-9-7-14(8-10-15)18(19(26)27)12-21-31(3,28)29/h4-11,18,21H,12H2,1-3H3,(H,23,30)(H,26,27). The molecule has 3 aromatic rings. The van der Waals surface area contributed by atoms with Gasteiger partial charge in [0.25, 0.3) is 0 Å². The first-order valence-electron chi connectivity index (χ1n) is 9.32. The van der Waals surface area contributed by atoms with Crippen LogP contribution in [-0.2, 0) is 14.8 Å². The van der Waals surface area contributed by atoms with Crippen LogP contribution in [0.1, 0.15) is 17.3 Å². The number of H-pyrrole nitrogens is 1. The van der Waals surface area contributed by atoms with E-state index in [1.165, 1.54) is 0 Å². The minimum Gasteiger partial charge on any atom is -0.481 e. The number of aryl methyl sites for hydroxylation is 1. The molecule has 0 bridgehead atoms. The molecule has 0 amide bonds. The minimum atomic E-state index is -3.48. The van der Waals surface area contributed by atoms with Crippen LogP contribution in [-0.4, -0.2) is 54.1 Å². The summed E-state index contributed by atoms with van der Waals surface area (Å²) in [6, 6.07) is 14.8. The zero-order chi connectivity index (χ0) is 22.8. The largest absolute Gasteiger partial charge is 0.481 e. The van der Waals surface area contributed by atoms with E-state index < -0.39 is 21.9 Å². The number of aliphatic carboxylic acids is 1. The molecule has 9 nitrogen and oxygen atoms in total. The Morgan fingerprint density at radius 1 is 1.26 bits per heavy atom. The van der Waals surface area contributed by atoms with E-state index in [0.717, 1.165) is 29.1 Å². The average Bonchev–Trinajstić information content (AvgIpc) is 3.05. The molecule has 2 aromatic carbocycles. The number of hydrogen-bond donors (Lipinski definition) is 3. The molecule has 31 heavy (non-hydrogen) atoms. The van der Waals surface area contributed by atoms with Crippen LogP contribution in [0.2, 0.25) is 0 Å². The highest BCUT2D eigenvalue weighted by Gasteiger charge is 2.21. The highest BCUT2D eigenvalue weighted by molar-refractivity contribution is 7.88. The van der Waals surface area contributed by atoms with Crippen molar-refractivity contribution in [3.05, 3.63) is 64.7 Å². The van der Waals surface area contributed by atoms with Gasteiger partial charge < -0.3 is 10.0 Å². The lowest BCUT2D eigenvalue weighted by Crippen LogP contribution is -2.30. The van der Waals surface area contributed by atoms with E-state index in [9.17, 15) is 18.3 Å². The third-order valence-electron chi connectivity index (χ3n) is 4.85. The summed E-state index contributed by atoms with van der Waals surface area (Å²) in [6.07, 6.45) is 0.996. The molecule has 1 atom stereocenters. The van der Waals surface area contributed by atoms with Crippen molar-refractivity contribution in [1.29, 1.82) is 0 Å². The third-order valence-corrected chi connectivity index (χ3v) is 5.81. The summed E-state index contributed by atoms with van der Waals surface area (Å²) in [5.41, 5.74) is 3.12. The average molecular weight is 462 g/mol. The van der Waals surface area contributed by atoms with Crippen molar-refractivity contribution in [2.45, 2.75) is 12.8 Å². The van der Waals surface area contributed by atoms with Gasteiger partial charge in [-0.15, -0.1) is 0 Å². The Hall–Kier alpha value is -3.02. The van der Waals surface area contributed by atoms with E-state index in [4.69, 9.17) is 12.2 Å². The van der Waals surface area contributed by atoms with E-state index >= 15 is 0 Å². The van der Waals surface area contributed by atoms with Crippen molar-refractivity contribution >= 4 is 39.6 Å². The number of sulfonamides is 1. The number of aromatic amines is 1. The summed E-state index contributed by atoms with van der Waals surface area (Å²) in [7, 11) is -1.59. The molecule has 0 saturated heterocycles. The van der Waals surface area contributed by atoms with Crippen molar-refractivity contribution in [2.75, 3.05) is 24.7 Å². The molecule has 3 rings (SSSR count). The second kappa shape index (κ2) is 9.00. The zero-order valence-corrected chi connectivity index (χ0v) is 18.9. The molecule has 0 spiro atoms. The predicted octanol–water partition coefficient (Wildman–Crippen LogP) is 2.72. The molecule has 0 saturated carbocycles. The molecule has 11 heteroatoms. The number of hydrogen-bond acceptors (Lipinski definition) is 6. The number of nitrogens with one attached hydrogen (secondary N) is 2. The van der Waals surface area contributed by atoms with E-state index in [0.29, 0.717) is 10.3 Å². The van der Waals surface area contributed by atoms with Gasteiger partial charge >= 0.3 is 5.97 Å². The Balaban J connectivity index is 1.85. The summed E-state index contributed by atoms with van der Waals surface area (Å²) in [6.45, 7) is 1.65. The monoisotopic (exact) mass is 461 g/mol. The first-order valence-corrected chi connectivity index (χ1v) is 11.6. The SMILES string of the molecule is Cc1n[nH]c(=S)n1-c1cccc(N(C)c2ccc(C(CNS(C)(=O)=O)C(=O)O)cc2)c1. The molecule has 0 aliphatic carbocycles. The summed E-state index contributed by atoms with van der Waals surface area (Å²) >= 11 is 5.30. The van der Waals surface area contributed by atoms with Crippen LogP contribution < -0.4 is 9.62 Å². The van der Waals surface area contributed by atoms with Crippen LogP contribution in [0, 0.1) is 11.7 Å². The van der Waals surface area contributed by atoms with Crippen LogP contribution >= 0.6 is 12.2 Å². The third kappa shape index (κ3) is 5.37. The zero-order valence-electron chi connectivity index (χ0n) is 17.2. The maximum Gasteiger partial charge on any atom is 0.312 e. The van der Waals surface area contributed by atoms with Crippen molar-refractivity contribution in [3.8, 4) is 5.69 Å². The van der Waals surface area contributed by atoms with E-state index in [-0.39, 0.29) is 6.54 Å². The predicted molar refractivity (Wildman–Crippen MR) is 121 cm³/mol. The van der Waals surface area contributed by atoms with Crippen LogP contribution in [0.3, 0.4) is 0 Å². The van der Waals surface area contributed by atoms with Crippen molar-refractivity contribution in [2.24, 2.45) is 0 Å². The van der Waals surface area contributed by atoms with Crippen molar-refractivity contribution in [1.82, 2.24) is 19.5 Å². The fourth-order valence-corrected chi connectivity index (χ4v) is 3.93. The molecule has 3 N–H and O–H groups in total. The van der Waals surface area contributed by atoms with Gasteiger partial charge in [-0.05, 0) is 55.0 Å². The Bertz CT molecular complexity index is 1250. The maximum atomic E-state index is 11.6. The number of rotatable bonds is 8. The molecular weight excluding hydrogens is 438 g/mol. The quantitative estimate of drug-likeness (QED) is 0.441. The molecule has 0 radical (unpaired) electrons. The number of carboxylic acid groups (broad SMARTS) is 1. The Morgan fingerprint density at radius 2 is 1.94 bits per heavy atom. The highest BCUT2D eigenvalue weighted by atomic mass is 32.2. The van der Waals surface area contributed by atoms with Crippen LogP contribution in [0.25, 0.3) is 5.69 Å². The molecule has 0 aliphatic rings. The maximum absolute atomic E-state index is 11.6. The van der Waals surface area contributed by atoms with Gasteiger partial charge in [-0.3, -0.25) is 14.5 Å². The Labute approximate surface area is 185 Å². The fraction of sp³-hybridized carbons (Fsp3) is 0.250. The topological polar surface area (TPSA) is 120 Å². The molecular formula is C20H23N5O4S2. The normalized spacial score (nSPS) is 12.5. The number of aromatic nitrogens is 3. The summed E-state index contributed by atoms with van der Waals surface area (Å²) in [4.78, 5) is 13.6. The smallest absolute Gasteiger partial charge is 0.312 e. The van der Waals surface area contributed by atoms with Gasteiger partial charge in [0.15, 0.2) is 4.77 Å². The van der Waals surface area contributed by atoms with Crippen molar-refractivity contribution < 1.29 is 18.3 Å². The Morgan fingerprint density at radius 3 is 2.48 bits per heavy atom. The molecule has 1 heterocycles. The summed E-state index contributed by atoms with van der Waals surface area (Å²) in [5.74, 6) is -1.34. The molecule has 0 fully saturated rings. The van der Waals surface area contributed by atoms with Gasteiger partial charge in [-0.25, -0.2) is 13.1 Å². The van der Waals surface area contributed by atoms with Crippen LogP contribution in [0.15, 0.2) is 48.5 Å². The minimum absolute atomic E-state index is 0.212. The van der Waals surface area contributed by atoms with Gasteiger partial charge in [0.05, 0.1) is 17.9 Å². The van der Waals surface area contributed by atoms with Crippen LogP contribution in [0.5, 0.6) is 0 Å². The van der Waals surface area contributed by atoms with E-state index in [2.05, 4.69) is 14.9 Å². The highest BCUT2D eigenvalue weighted by Crippen LogP contribution is 2.27. The number of carbonyl (C=O) groups is 1.